The van der Waals surface area contributed by atoms with E-state index in [1.54, 1.807) is 0 Å². The molecule has 8 aliphatic rings. The average molecular weight is 1220 g/mol. The summed E-state index contributed by atoms with van der Waals surface area (Å²) in [5.41, 5.74) is 1.89. The van der Waals surface area contributed by atoms with Crippen molar-refractivity contribution in [2.24, 2.45) is 79.8 Å². The Labute approximate surface area is 526 Å². The number of ether oxygens (including phenoxy) is 1. The molecule has 17 heteroatoms. The zero-order valence-corrected chi connectivity index (χ0v) is 57.0. The van der Waals surface area contributed by atoms with E-state index in [0.29, 0.717) is 45.6 Å². The molecule has 8 fully saturated rings. The maximum atomic E-state index is 13.0. The van der Waals surface area contributed by atoms with Gasteiger partial charge in [0.05, 0.1) is 36.1 Å². The minimum absolute atomic E-state index is 0. The van der Waals surface area contributed by atoms with Gasteiger partial charge in [0, 0.05) is 11.8 Å². The molecule has 10 rings (SSSR count). The van der Waals surface area contributed by atoms with E-state index < -0.39 is 39.1 Å². The summed E-state index contributed by atoms with van der Waals surface area (Å²) >= 11 is 3.44. The topological polar surface area (TPSA) is 203 Å². The van der Waals surface area contributed by atoms with Crippen LogP contribution in [-0.4, -0.2) is 62.7 Å². The minimum Gasteiger partial charge on any atom is -0.809 e. The van der Waals surface area contributed by atoms with Crippen molar-refractivity contribution in [3.8, 4) is 0 Å². The average Bonchev–Trinajstić information content (AvgIpc) is 3.84. The van der Waals surface area contributed by atoms with Crippen LogP contribution in [0.5, 0.6) is 0 Å². The van der Waals surface area contributed by atoms with Crippen molar-refractivity contribution in [3.05, 3.63) is 71.8 Å². The summed E-state index contributed by atoms with van der Waals surface area (Å²) < 4.78 is 38.6. The van der Waals surface area contributed by atoms with Crippen molar-refractivity contribution in [2.45, 2.75) is 195 Å². The van der Waals surface area contributed by atoms with Crippen LogP contribution in [0.3, 0.4) is 0 Å². The first-order valence-corrected chi connectivity index (χ1v) is 33.8. The molecule has 0 amide bonds. The molecule has 0 spiro atoms. The second-order valence-electron chi connectivity index (χ2n) is 27.7. The normalized spacial score (nSPS) is 41.0. The van der Waals surface area contributed by atoms with Gasteiger partial charge in [0.25, 0.3) is 0 Å². The monoisotopic (exact) mass is 1220 g/mol. The molecule has 2 aromatic carbocycles. The van der Waals surface area contributed by atoms with Crippen LogP contribution in [0.2, 0.25) is 0 Å². The molecule has 12 nitrogen and oxygen atoms in total. The molecule has 79 heavy (non-hydrogen) atoms. The molecular weight excluding hydrogens is 1120 g/mol. The Kier molecular flexibility index (Phi) is 22.9. The number of rotatable bonds is 14. The summed E-state index contributed by atoms with van der Waals surface area (Å²) in [4.78, 5) is 47.4. The van der Waals surface area contributed by atoms with Crippen molar-refractivity contribution >= 4 is 42.7 Å². The molecule has 0 aliphatic heterocycles. The van der Waals surface area contributed by atoms with E-state index in [9.17, 15) is 43.8 Å². The van der Waals surface area contributed by atoms with Crippen molar-refractivity contribution in [1.82, 2.24) is 0 Å². The van der Waals surface area contributed by atoms with Crippen LogP contribution >= 0.6 is 31.1 Å². The van der Waals surface area contributed by atoms with Crippen LogP contribution in [0, 0.1) is 79.8 Å². The van der Waals surface area contributed by atoms with Gasteiger partial charge < -0.3 is 43.5 Å². The number of benzene rings is 2. The number of aliphatic hydroxyl groups excluding tert-OH is 1. The van der Waals surface area contributed by atoms with Gasteiger partial charge in [-0.05, 0) is 216 Å². The number of halogens is 1. The fraction of sp³-hybridized carbons (Fsp3) is 0.774. The van der Waals surface area contributed by atoms with Gasteiger partial charge in [0.2, 0.25) is 0 Å². The number of carbonyl (C=O) groups is 2. The van der Waals surface area contributed by atoms with Gasteiger partial charge >= 0.3 is 66.7 Å². The summed E-state index contributed by atoms with van der Waals surface area (Å²) in [5, 5.41) is 31.1. The minimum atomic E-state index is -4.76. The fourth-order valence-corrected chi connectivity index (χ4v) is 20.4. The first-order chi connectivity index (χ1) is 36.0. The summed E-state index contributed by atoms with van der Waals surface area (Å²) in [7, 11) is -8.23. The smallest absolute Gasteiger partial charge is 0.809 e. The van der Waals surface area contributed by atoms with Crippen LogP contribution in [-0.2, 0) is 45.7 Å². The van der Waals surface area contributed by atoms with Crippen LogP contribution < -0.4 is 68.9 Å². The second-order valence-corrected chi connectivity index (χ2v) is 31.8. The van der Waals surface area contributed by atoms with E-state index in [-0.39, 0.29) is 118 Å². The molecular formula is C62H93BrNa2O12P2. The Bertz CT molecular complexity index is 2440. The molecule has 0 saturated heterocycles. The molecule has 8 saturated carbocycles. The Morgan fingerprint density at radius 3 is 1.33 bits per heavy atom. The van der Waals surface area contributed by atoms with Gasteiger partial charge in [-0.25, -0.2) is 0 Å². The first-order valence-electron chi connectivity index (χ1n) is 29.2. The number of Topliss-reactive ketones (excluding diaryl/α,β-unsaturated/α-hetero) is 2. The zero-order valence-electron chi connectivity index (χ0n) is 49.7. The van der Waals surface area contributed by atoms with E-state index in [2.05, 4.69) is 57.5 Å². The number of carbonyl (C=O) groups excluding carboxylic acids is 2. The van der Waals surface area contributed by atoms with E-state index >= 15 is 0 Å². The van der Waals surface area contributed by atoms with E-state index in [0.717, 1.165) is 93.6 Å². The summed E-state index contributed by atoms with van der Waals surface area (Å²) in [5.74, 6) is 4.53. The van der Waals surface area contributed by atoms with Crippen molar-refractivity contribution < 1.29 is 117 Å². The number of hydrogen-bond acceptors (Lipinski definition) is 12. The molecule has 0 aromatic heterocycles. The number of aliphatic hydroxyl groups is 3. The first kappa shape index (κ1) is 68.5. The fourth-order valence-electron chi connectivity index (χ4n) is 18.8. The van der Waals surface area contributed by atoms with Gasteiger partial charge in [-0.3, -0.25) is 14.2 Å². The SMILES string of the molecule is C[C@@]1(O)CC[C@@]2(C)C(CCC3C2CC[C@]2(C)[C@@H](C(=O)CBr)CC[C@@]32C)C1.C[C@@]1(O)CC[C@@]2(C)C(CCC3C2CC[C@]2(C)[C@@H](C(=O)COCP(=O)([O-])[O-])CC[C@@]32C)C1.O=P(CO)(OCc1ccccc1)OCc1ccccc1.[Na+].[Na+]. The third kappa shape index (κ3) is 14.1. The van der Waals surface area contributed by atoms with Gasteiger partial charge in [-0.1, -0.05) is 118 Å². The molecule has 3 N–H and O–H groups in total. The Balaban J connectivity index is 0.000000193. The predicted octanol–water partition coefficient (Wildman–Crippen LogP) is 6.56. The van der Waals surface area contributed by atoms with Crippen molar-refractivity contribution in [1.29, 1.82) is 0 Å². The largest absolute Gasteiger partial charge is 1.00 e. The van der Waals surface area contributed by atoms with Gasteiger partial charge in [0.15, 0.2) is 5.78 Å². The van der Waals surface area contributed by atoms with Crippen LogP contribution in [0.4, 0.5) is 0 Å². The zero-order chi connectivity index (χ0) is 56.1. The van der Waals surface area contributed by atoms with Gasteiger partial charge in [-0.15, -0.1) is 0 Å². The molecule has 0 bridgehead atoms. The van der Waals surface area contributed by atoms with Crippen LogP contribution in [0.25, 0.3) is 0 Å². The number of ketones is 2. The Morgan fingerprint density at radius 1 is 0.557 bits per heavy atom. The maximum Gasteiger partial charge on any atom is 1.00 e. The van der Waals surface area contributed by atoms with E-state index in [1.165, 1.54) is 44.9 Å². The quantitative estimate of drug-likeness (QED) is 0.105. The number of hydrogen-bond donors (Lipinski definition) is 3. The van der Waals surface area contributed by atoms with Crippen molar-refractivity contribution in [2.75, 3.05) is 24.6 Å². The third-order valence-electron chi connectivity index (χ3n) is 23.7. The Hall–Kier alpha value is 0.400. The molecule has 2 aromatic rings. The van der Waals surface area contributed by atoms with E-state index in [1.807, 2.05) is 74.5 Å². The molecule has 8 aliphatic carbocycles. The predicted molar refractivity (Wildman–Crippen MR) is 300 cm³/mol. The van der Waals surface area contributed by atoms with Crippen molar-refractivity contribution in [3.63, 3.8) is 0 Å². The molecule has 0 radical (unpaired) electrons. The van der Waals surface area contributed by atoms with Crippen LogP contribution in [0.15, 0.2) is 60.7 Å². The summed E-state index contributed by atoms with van der Waals surface area (Å²) in [6, 6.07) is 18.7. The van der Waals surface area contributed by atoms with E-state index in [4.69, 9.17) is 13.8 Å². The molecule has 6 unspecified atom stereocenters. The van der Waals surface area contributed by atoms with Gasteiger partial charge in [-0.2, -0.15) is 0 Å². The summed E-state index contributed by atoms with van der Waals surface area (Å²) in [6.45, 7) is 18.7. The number of alkyl halides is 1. The standard InChI is InChI=1S/C24H41O6P.C23H37BrO2.C15H17O4P.2Na/c1-21(26)11-12-22(2)16(13-21)5-6-18-17(22)7-9-24(4)19(8-10-23(18,24)3)20(25)14-30-15-31(27,28)29;1-20(26)11-12-21(2)15(13-20)5-6-17-16(21)7-9-23(4)18(19(25)14-24)8-10-22(17,23)3;16-13-20(17,18-11-14-7-3-1-4-8-14)19-12-15-9-5-2-6-10-15;;/h16-19,26H,5-15H2,1-4H3,(H2,27,28,29);15-18,26H,5-14H2,1-4H3;1-10,16H,11-13H2;;/q;;;2*+1/p-2/t16?,17?,18?,19-,21-,22+,23+,24-;15?,16?,17?,18-,20-,21+,22+,23-;;;/m11.../s1. The second kappa shape index (κ2) is 26.4. The Morgan fingerprint density at radius 2 is 0.949 bits per heavy atom. The molecule has 16 atom stereocenters. The van der Waals surface area contributed by atoms with Gasteiger partial charge in [0.1, 0.15) is 18.7 Å². The summed E-state index contributed by atoms with van der Waals surface area (Å²) in [6.07, 6.45) is 18.1. The number of fused-ring (bicyclic) bond motifs is 10. The third-order valence-corrected chi connectivity index (χ3v) is 26.2. The van der Waals surface area contributed by atoms with Crippen LogP contribution in [0.1, 0.15) is 182 Å². The molecule has 432 valence electrons. The molecule has 0 heterocycles. The maximum absolute atomic E-state index is 13.0.